The molecule has 0 amide bonds. The monoisotopic (exact) mass is 165 g/mol. The molecule has 10 heavy (non-hydrogen) atoms. The number of hydrogen-bond acceptors (Lipinski definition) is 3. The van der Waals surface area contributed by atoms with Gasteiger partial charge < -0.3 is 0 Å². The second kappa shape index (κ2) is 6.52. The molecule has 0 saturated heterocycles. The summed E-state index contributed by atoms with van der Waals surface area (Å²) in [6.45, 7) is 1.99. The van der Waals surface area contributed by atoms with Gasteiger partial charge in [0.2, 0.25) is 0 Å². The summed E-state index contributed by atoms with van der Waals surface area (Å²) in [6.07, 6.45) is 2.39. The minimum Gasteiger partial charge on any atom is -0.286 e. The number of nitriles is 1. The van der Waals surface area contributed by atoms with Gasteiger partial charge in [0.05, 0.1) is 12.3 Å². The highest BCUT2D eigenvalue weighted by Crippen LogP contribution is 1.77. The molecule has 5 heteroatoms. The molecule has 0 aromatic carbocycles. The minimum absolute atomic E-state index is 0.694. The van der Waals surface area contributed by atoms with Crippen LogP contribution in [0.2, 0.25) is 0 Å². The molecule has 0 aromatic rings. The lowest BCUT2D eigenvalue weighted by atomic mass is 10.4. The summed E-state index contributed by atoms with van der Waals surface area (Å²) in [5, 5.41) is 7.82. The molecule has 0 radical (unpaired) electrons. The predicted octanol–water partition coefficient (Wildman–Crippen LogP) is 0.814. The van der Waals surface area contributed by atoms with E-state index in [0.29, 0.717) is 12.7 Å². The van der Waals surface area contributed by atoms with E-state index < -0.39 is 10.1 Å². The zero-order valence-corrected chi connectivity index (χ0v) is 6.85. The van der Waals surface area contributed by atoms with Crippen molar-refractivity contribution >= 4 is 10.1 Å². The molecule has 0 aliphatic heterocycles. The third kappa shape index (κ3) is 155. The lowest BCUT2D eigenvalue weighted by molar-refractivity contribution is 0.490. The lowest BCUT2D eigenvalue weighted by Crippen LogP contribution is -1.88. The quantitative estimate of drug-likeness (QED) is 0.583. The summed E-state index contributed by atoms with van der Waals surface area (Å²) >= 11 is 0. The Balaban J connectivity index is 0. The standard InChI is InChI=1S/C4H7N.CH4O3S/c1-2-3-4-5;1-5(2,3)4/h2-3H2,1H3;1H3,(H,2,3,4). The SMILES string of the molecule is CCCC#N.CS(=O)(=O)O. The smallest absolute Gasteiger partial charge is 0.261 e. The van der Waals surface area contributed by atoms with Crippen molar-refractivity contribution in [2.45, 2.75) is 19.8 Å². The van der Waals surface area contributed by atoms with Crippen LogP contribution < -0.4 is 0 Å². The van der Waals surface area contributed by atoms with Crippen molar-refractivity contribution in [3.05, 3.63) is 0 Å². The molecule has 0 aromatic heterocycles. The van der Waals surface area contributed by atoms with Crippen molar-refractivity contribution in [1.82, 2.24) is 0 Å². The van der Waals surface area contributed by atoms with Gasteiger partial charge in [-0.2, -0.15) is 13.7 Å². The van der Waals surface area contributed by atoms with Gasteiger partial charge in [-0.1, -0.05) is 6.92 Å². The van der Waals surface area contributed by atoms with Crippen LogP contribution in [0.4, 0.5) is 0 Å². The Hall–Kier alpha value is -0.600. The number of nitrogens with zero attached hydrogens (tertiary/aromatic N) is 1. The molecular formula is C5H11NO3S. The van der Waals surface area contributed by atoms with Crippen LogP contribution in [0.1, 0.15) is 19.8 Å². The van der Waals surface area contributed by atoms with Gasteiger partial charge >= 0.3 is 0 Å². The zero-order valence-electron chi connectivity index (χ0n) is 6.03. The summed E-state index contributed by atoms with van der Waals surface area (Å²) in [5.74, 6) is 0. The number of unbranched alkanes of at least 4 members (excludes halogenated alkanes) is 1. The Kier molecular flexibility index (Phi) is 7.90. The largest absolute Gasteiger partial charge is 0.286 e. The Bertz CT molecular complexity index is 181. The van der Waals surface area contributed by atoms with E-state index in [0.717, 1.165) is 6.42 Å². The maximum Gasteiger partial charge on any atom is 0.261 e. The van der Waals surface area contributed by atoms with Gasteiger partial charge in [-0.25, -0.2) is 0 Å². The Labute approximate surface area is 61.2 Å². The van der Waals surface area contributed by atoms with E-state index in [4.69, 9.17) is 9.81 Å². The topological polar surface area (TPSA) is 78.2 Å². The number of hydrogen-bond donors (Lipinski definition) is 1. The van der Waals surface area contributed by atoms with E-state index in [1.54, 1.807) is 0 Å². The first kappa shape index (κ1) is 12.1. The lowest BCUT2D eigenvalue weighted by Gasteiger charge is -1.69. The van der Waals surface area contributed by atoms with Crippen molar-refractivity contribution in [2.75, 3.05) is 6.26 Å². The van der Waals surface area contributed by atoms with Crippen molar-refractivity contribution < 1.29 is 13.0 Å². The second-order valence-electron chi connectivity index (χ2n) is 1.64. The predicted molar refractivity (Wildman–Crippen MR) is 38.0 cm³/mol. The zero-order chi connectivity index (χ0) is 8.62. The molecule has 0 atom stereocenters. The average molecular weight is 165 g/mol. The minimum atomic E-state index is -3.67. The molecule has 0 aliphatic rings. The molecule has 0 bridgehead atoms. The maximum atomic E-state index is 9.19. The van der Waals surface area contributed by atoms with Crippen molar-refractivity contribution in [3.8, 4) is 6.07 Å². The van der Waals surface area contributed by atoms with Crippen molar-refractivity contribution in [2.24, 2.45) is 0 Å². The first-order valence-corrected chi connectivity index (χ1v) is 4.56. The fourth-order valence-corrected chi connectivity index (χ4v) is 0.112. The first-order valence-electron chi connectivity index (χ1n) is 2.71. The summed E-state index contributed by atoms with van der Waals surface area (Å²) in [5.41, 5.74) is 0. The fraction of sp³-hybridized carbons (Fsp3) is 0.800. The van der Waals surface area contributed by atoms with Crippen LogP contribution in [-0.4, -0.2) is 19.2 Å². The second-order valence-corrected chi connectivity index (χ2v) is 3.11. The van der Waals surface area contributed by atoms with E-state index in [9.17, 15) is 8.42 Å². The highest BCUT2D eigenvalue weighted by atomic mass is 32.2. The summed E-state index contributed by atoms with van der Waals surface area (Å²) in [7, 11) is -3.67. The Morgan fingerprint density at radius 1 is 1.60 bits per heavy atom. The van der Waals surface area contributed by atoms with Gasteiger partial charge in [0, 0.05) is 6.42 Å². The summed E-state index contributed by atoms with van der Waals surface area (Å²) in [6, 6.07) is 2.02. The van der Waals surface area contributed by atoms with Crippen molar-refractivity contribution in [3.63, 3.8) is 0 Å². The molecule has 0 saturated carbocycles. The molecule has 0 rings (SSSR count). The van der Waals surface area contributed by atoms with Crippen LogP contribution in [-0.2, 0) is 10.1 Å². The highest BCUT2D eigenvalue weighted by molar-refractivity contribution is 7.85. The van der Waals surface area contributed by atoms with Crippen LogP contribution in [0.15, 0.2) is 0 Å². The van der Waals surface area contributed by atoms with Crippen LogP contribution in [0, 0.1) is 11.3 Å². The van der Waals surface area contributed by atoms with E-state index in [1.807, 2.05) is 13.0 Å². The molecule has 1 N–H and O–H groups in total. The van der Waals surface area contributed by atoms with Crippen LogP contribution in [0.3, 0.4) is 0 Å². The van der Waals surface area contributed by atoms with E-state index in [-0.39, 0.29) is 0 Å². The fourth-order valence-electron chi connectivity index (χ4n) is 0.112. The van der Waals surface area contributed by atoms with Crippen molar-refractivity contribution in [1.29, 1.82) is 5.26 Å². The Morgan fingerprint density at radius 2 is 1.90 bits per heavy atom. The van der Waals surface area contributed by atoms with E-state index >= 15 is 0 Å². The van der Waals surface area contributed by atoms with Gasteiger partial charge in [-0.05, 0) is 6.42 Å². The Morgan fingerprint density at radius 3 is 1.90 bits per heavy atom. The normalized spacial score (nSPS) is 9.00. The third-order valence-electron chi connectivity index (χ3n) is 0.362. The number of rotatable bonds is 1. The average Bonchev–Trinajstić information content (AvgIpc) is 1.63. The van der Waals surface area contributed by atoms with Crippen LogP contribution in [0.5, 0.6) is 0 Å². The van der Waals surface area contributed by atoms with Gasteiger partial charge in [0.1, 0.15) is 0 Å². The molecule has 0 fully saturated rings. The van der Waals surface area contributed by atoms with E-state index in [2.05, 4.69) is 0 Å². The molecular weight excluding hydrogens is 154 g/mol. The molecule has 0 spiro atoms. The summed E-state index contributed by atoms with van der Waals surface area (Å²) < 4.78 is 25.9. The molecule has 4 nitrogen and oxygen atoms in total. The third-order valence-corrected chi connectivity index (χ3v) is 0.362. The van der Waals surface area contributed by atoms with Gasteiger partial charge in [0.15, 0.2) is 0 Å². The van der Waals surface area contributed by atoms with Gasteiger partial charge in [-0.15, -0.1) is 0 Å². The van der Waals surface area contributed by atoms with Gasteiger partial charge in [-0.3, -0.25) is 4.55 Å². The van der Waals surface area contributed by atoms with Gasteiger partial charge in [0.25, 0.3) is 10.1 Å². The molecule has 0 aliphatic carbocycles. The maximum absolute atomic E-state index is 9.19. The molecule has 60 valence electrons. The van der Waals surface area contributed by atoms with Crippen LogP contribution >= 0.6 is 0 Å². The first-order chi connectivity index (χ1) is 4.41. The molecule has 0 heterocycles. The molecule has 0 unspecified atom stereocenters. The summed E-state index contributed by atoms with van der Waals surface area (Å²) in [4.78, 5) is 0. The van der Waals surface area contributed by atoms with E-state index in [1.165, 1.54) is 0 Å². The van der Waals surface area contributed by atoms with Crippen LogP contribution in [0.25, 0.3) is 0 Å². The highest BCUT2D eigenvalue weighted by Gasteiger charge is 1.81.